The number of fused-ring (bicyclic) bond motifs is 1. The third-order valence-corrected chi connectivity index (χ3v) is 3.28. The van der Waals surface area contributed by atoms with Crippen LogP contribution < -0.4 is 0 Å². The Morgan fingerprint density at radius 1 is 0.941 bits per heavy atom. The number of halogens is 1. The van der Waals surface area contributed by atoms with E-state index in [0.29, 0.717) is 0 Å². The SMILES string of the molecule is Cc1ccc(-n2nc3ccc(I)cc3n2)cc1. The van der Waals surface area contributed by atoms with Gasteiger partial charge in [0.1, 0.15) is 11.0 Å². The molecule has 0 aliphatic rings. The zero-order valence-corrected chi connectivity index (χ0v) is 11.4. The largest absolute Gasteiger partial charge is 0.150 e. The average molecular weight is 335 g/mol. The van der Waals surface area contributed by atoms with Gasteiger partial charge in [0.25, 0.3) is 0 Å². The third-order valence-electron chi connectivity index (χ3n) is 2.61. The molecule has 84 valence electrons. The van der Waals surface area contributed by atoms with Gasteiger partial charge >= 0.3 is 0 Å². The number of aromatic nitrogens is 3. The van der Waals surface area contributed by atoms with Gasteiger partial charge in [0, 0.05) is 3.57 Å². The molecule has 0 radical (unpaired) electrons. The summed E-state index contributed by atoms with van der Waals surface area (Å²) in [5.74, 6) is 0. The first-order valence-electron chi connectivity index (χ1n) is 5.32. The van der Waals surface area contributed by atoms with Gasteiger partial charge in [-0.3, -0.25) is 0 Å². The van der Waals surface area contributed by atoms with Crippen LogP contribution in [-0.2, 0) is 0 Å². The Hall–Kier alpha value is -1.43. The van der Waals surface area contributed by atoms with E-state index in [1.165, 1.54) is 9.13 Å². The monoisotopic (exact) mass is 335 g/mol. The molecule has 1 aromatic heterocycles. The van der Waals surface area contributed by atoms with Crippen molar-refractivity contribution in [3.8, 4) is 5.69 Å². The number of nitrogens with zero attached hydrogens (tertiary/aromatic N) is 3. The van der Waals surface area contributed by atoms with E-state index >= 15 is 0 Å². The van der Waals surface area contributed by atoms with Crippen LogP contribution in [0.1, 0.15) is 5.56 Å². The fourth-order valence-corrected chi connectivity index (χ4v) is 2.16. The van der Waals surface area contributed by atoms with Crippen LogP contribution >= 0.6 is 22.6 Å². The summed E-state index contributed by atoms with van der Waals surface area (Å²) in [5.41, 5.74) is 4.07. The molecule has 0 amide bonds. The molecule has 0 bridgehead atoms. The van der Waals surface area contributed by atoms with Crippen LogP contribution in [0.3, 0.4) is 0 Å². The lowest BCUT2D eigenvalue weighted by Crippen LogP contribution is -1.97. The molecule has 0 aliphatic carbocycles. The van der Waals surface area contributed by atoms with E-state index in [0.717, 1.165) is 16.7 Å². The van der Waals surface area contributed by atoms with E-state index in [-0.39, 0.29) is 0 Å². The van der Waals surface area contributed by atoms with Crippen molar-refractivity contribution in [2.24, 2.45) is 0 Å². The summed E-state index contributed by atoms with van der Waals surface area (Å²) >= 11 is 2.28. The summed E-state index contributed by atoms with van der Waals surface area (Å²) < 4.78 is 1.17. The van der Waals surface area contributed by atoms with Crippen LogP contribution in [0.4, 0.5) is 0 Å². The molecule has 0 aliphatic heterocycles. The lowest BCUT2D eigenvalue weighted by Gasteiger charge is -1.98. The number of hydrogen-bond donors (Lipinski definition) is 0. The third kappa shape index (κ3) is 2.04. The molecule has 0 unspecified atom stereocenters. The lowest BCUT2D eigenvalue weighted by molar-refractivity contribution is 0.765. The van der Waals surface area contributed by atoms with Crippen LogP contribution in [0, 0.1) is 10.5 Å². The molecule has 0 saturated carbocycles. The minimum absolute atomic E-state index is 0.922. The molecule has 0 N–H and O–H groups in total. The first kappa shape index (κ1) is 10.7. The predicted molar refractivity (Wildman–Crippen MR) is 76.3 cm³/mol. The van der Waals surface area contributed by atoms with E-state index in [1.807, 2.05) is 30.3 Å². The lowest BCUT2D eigenvalue weighted by atomic mass is 10.2. The fraction of sp³-hybridized carbons (Fsp3) is 0.0769. The second-order valence-corrected chi connectivity index (χ2v) is 5.20. The van der Waals surface area contributed by atoms with Crippen LogP contribution in [-0.4, -0.2) is 15.0 Å². The van der Waals surface area contributed by atoms with Crippen molar-refractivity contribution in [1.29, 1.82) is 0 Å². The predicted octanol–water partition coefficient (Wildman–Crippen LogP) is 3.33. The normalized spacial score (nSPS) is 10.9. The van der Waals surface area contributed by atoms with Crippen LogP contribution in [0.5, 0.6) is 0 Å². The van der Waals surface area contributed by atoms with Gasteiger partial charge in [-0.05, 0) is 59.8 Å². The maximum atomic E-state index is 4.47. The second-order valence-electron chi connectivity index (χ2n) is 3.96. The van der Waals surface area contributed by atoms with E-state index in [4.69, 9.17) is 0 Å². The fourth-order valence-electron chi connectivity index (χ4n) is 1.68. The van der Waals surface area contributed by atoms with Gasteiger partial charge in [0.05, 0.1) is 5.69 Å². The smallest absolute Gasteiger partial charge is 0.114 e. The zero-order chi connectivity index (χ0) is 11.8. The van der Waals surface area contributed by atoms with Gasteiger partial charge in [-0.2, -0.15) is 4.80 Å². The molecule has 0 atom stereocenters. The van der Waals surface area contributed by atoms with Gasteiger partial charge in [0.2, 0.25) is 0 Å². The zero-order valence-electron chi connectivity index (χ0n) is 9.26. The molecule has 1 heterocycles. The maximum absolute atomic E-state index is 4.47. The molecule has 2 aromatic carbocycles. The highest BCUT2D eigenvalue weighted by Gasteiger charge is 2.04. The highest BCUT2D eigenvalue weighted by molar-refractivity contribution is 14.1. The first-order chi connectivity index (χ1) is 8.22. The van der Waals surface area contributed by atoms with Gasteiger partial charge in [-0.1, -0.05) is 17.7 Å². The summed E-state index contributed by atoms with van der Waals surface area (Å²) in [6, 6.07) is 14.2. The van der Waals surface area contributed by atoms with Crippen LogP contribution in [0.15, 0.2) is 42.5 Å². The molecule has 3 rings (SSSR count). The van der Waals surface area contributed by atoms with E-state index in [9.17, 15) is 0 Å². The maximum Gasteiger partial charge on any atom is 0.114 e. The number of hydrogen-bond acceptors (Lipinski definition) is 2. The molecule has 0 saturated heterocycles. The minimum Gasteiger partial charge on any atom is -0.150 e. The van der Waals surface area contributed by atoms with Crippen molar-refractivity contribution in [2.75, 3.05) is 0 Å². The van der Waals surface area contributed by atoms with Crippen molar-refractivity contribution in [3.63, 3.8) is 0 Å². The summed E-state index contributed by atoms with van der Waals surface area (Å²) in [7, 11) is 0. The van der Waals surface area contributed by atoms with E-state index < -0.39 is 0 Å². The van der Waals surface area contributed by atoms with Crippen molar-refractivity contribution in [2.45, 2.75) is 6.92 Å². The van der Waals surface area contributed by atoms with Crippen LogP contribution in [0.2, 0.25) is 0 Å². The number of rotatable bonds is 1. The van der Waals surface area contributed by atoms with Gasteiger partial charge in [0.15, 0.2) is 0 Å². The Balaban J connectivity index is 2.14. The standard InChI is InChI=1S/C13H10IN3/c1-9-2-5-11(6-3-9)17-15-12-7-4-10(14)8-13(12)16-17/h2-8H,1H3. The highest BCUT2D eigenvalue weighted by Crippen LogP contribution is 2.15. The van der Waals surface area contributed by atoms with Crippen LogP contribution in [0.25, 0.3) is 16.7 Å². The molecule has 3 nitrogen and oxygen atoms in total. The summed E-state index contributed by atoms with van der Waals surface area (Å²) in [6.07, 6.45) is 0. The quantitative estimate of drug-likeness (QED) is 0.639. The molecule has 3 aromatic rings. The van der Waals surface area contributed by atoms with Gasteiger partial charge < -0.3 is 0 Å². The van der Waals surface area contributed by atoms with Gasteiger partial charge in [-0.15, -0.1) is 10.2 Å². The summed E-state index contributed by atoms with van der Waals surface area (Å²) in [4.78, 5) is 1.68. The van der Waals surface area contributed by atoms with Crippen molar-refractivity contribution >= 4 is 33.6 Å². The Kier molecular flexibility index (Phi) is 2.58. The summed E-state index contributed by atoms with van der Waals surface area (Å²) in [6.45, 7) is 2.07. The summed E-state index contributed by atoms with van der Waals surface area (Å²) in [5, 5.41) is 8.93. The average Bonchev–Trinajstić information content (AvgIpc) is 2.72. The molecule has 17 heavy (non-hydrogen) atoms. The van der Waals surface area contributed by atoms with E-state index in [2.05, 4.69) is 51.8 Å². The number of benzene rings is 2. The Morgan fingerprint density at radius 2 is 1.65 bits per heavy atom. The minimum atomic E-state index is 0.922. The van der Waals surface area contributed by atoms with Gasteiger partial charge in [-0.25, -0.2) is 0 Å². The molecular weight excluding hydrogens is 325 g/mol. The second kappa shape index (κ2) is 4.10. The Morgan fingerprint density at radius 3 is 2.41 bits per heavy atom. The molecule has 0 fully saturated rings. The number of aryl methyl sites for hydroxylation is 1. The van der Waals surface area contributed by atoms with Crippen molar-refractivity contribution in [3.05, 3.63) is 51.6 Å². The molecular formula is C13H10IN3. The highest BCUT2D eigenvalue weighted by atomic mass is 127. The van der Waals surface area contributed by atoms with Crippen molar-refractivity contribution < 1.29 is 0 Å². The topological polar surface area (TPSA) is 30.7 Å². The Bertz CT molecular complexity index is 671. The molecule has 0 spiro atoms. The Labute approximate surface area is 113 Å². The first-order valence-corrected chi connectivity index (χ1v) is 6.40. The van der Waals surface area contributed by atoms with Crippen molar-refractivity contribution in [1.82, 2.24) is 15.0 Å². The van der Waals surface area contributed by atoms with E-state index in [1.54, 1.807) is 4.80 Å². The molecule has 4 heteroatoms.